The van der Waals surface area contributed by atoms with Crippen LogP contribution in [0.4, 0.5) is 5.69 Å². The molecule has 1 aliphatic heterocycles. The molecular weight excluding hydrogens is 466 g/mol. The Balaban J connectivity index is 1.66. The molecule has 36 heavy (non-hydrogen) atoms. The van der Waals surface area contributed by atoms with Gasteiger partial charge in [-0.2, -0.15) is 9.78 Å². The van der Waals surface area contributed by atoms with Crippen LogP contribution in [0, 0.1) is 0 Å². The second-order valence-electron chi connectivity index (χ2n) is 7.85. The van der Waals surface area contributed by atoms with Gasteiger partial charge in [0.2, 0.25) is 5.89 Å². The monoisotopic (exact) mass is 481 g/mol. The summed E-state index contributed by atoms with van der Waals surface area (Å²) in [7, 11) is 1.52. The van der Waals surface area contributed by atoms with Crippen molar-refractivity contribution in [3.8, 4) is 34.5 Å². The zero-order chi connectivity index (χ0) is 25.0. The highest BCUT2D eigenvalue weighted by atomic mass is 16.6. The van der Waals surface area contributed by atoms with Crippen molar-refractivity contribution in [3.63, 3.8) is 0 Å². The summed E-state index contributed by atoms with van der Waals surface area (Å²) < 4.78 is 16.9. The lowest BCUT2D eigenvalue weighted by atomic mass is 9.99. The fourth-order valence-corrected chi connectivity index (χ4v) is 4.07. The van der Waals surface area contributed by atoms with E-state index >= 15 is 0 Å². The maximum absolute atomic E-state index is 13.6. The third-order valence-electron chi connectivity index (χ3n) is 5.80. The molecule has 3 heterocycles. The number of carbonyl (C=O) groups excluding carboxylic acids is 2. The van der Waals surface area contributed by atoms with E-state index in [1.807, 2.05) is 18.2 Å². The highest BCUT2D eigenvalue weighted by Gasteiger charge is 2.35. The number of nitrogens with two attached hydrogens (primary N) is 1. The van der Waals surface area contributed by atoms with Gasteiger partial charge in [0.25, 0.3) is 11.4 Å². The molecule has 2 N–H and O–H groups in total. The molecule has 0 spiro atoms. The van der Waals surface area contributed by atoms with Gasteiger partial charge in [-0.1, -0.05) is 18.2 Å². The Bertz CT molecular complexity index is 1760. The first-order valence-corrected chi connectivity index (χ1v) is 10.7. The summed E-state index contributed by atoms with van der Waals surface area (Å²) in [6.45, 7) is 0. The minimum Gasteiger partial charge on any atom is -0.497 e. The molecule has 11 nitrogen and oxygen atoms in total. The third-order valence-corrected chi connectivity index (χ3v) is 5.80. The number of fused-ring (bicyclic) bond motifs is 2. The van der Waals surface area contributed by atoms with Gasteiger partial charge in [-0.3, -0.25) is 4.79 Å². The van der Waals surface area contributed by atoms with Crippen LogP contribution >= 0.6 is 0 Å². The molecule has 0 fully saturated rings. The fraction of sp³-hybridized carbons (Fsp3) is 0.0400. The smallest absolute Gasteiger partial charge is 0.349 e. The molecule has 0 radical (unpaired) electrons. The maximum atomic E-state index is 13.6. The molecule has 0 atom stereocenters. The summed E-state index contributed by atoms with van der Waals surface area (Å²) in [5.41, 5.74) is 6.39. The Hall–Kier alpha value is -5.32. The molecule has 0 saturated heterocycles. The van der Waals surface area contributed by atoms with Gasteiger partial charge in [-0.25, -0.2) is 9.59 Å². The van der Waals surface area contributed by atoms with E-state index in [-0.39, 0.29) is 45.1 Å². The quantitative estimate of drug-likeness (QED) is 0.230. The van der Waals surface area contributed by atoms with E-state index in [0.717, 1.165) is 4.68 Å². The molecule has 3 aromatic carbocycles. The lowest BCUT2D eigenvalue weighted by Crippen LogP contribution is -2.24. The number of aromatic nitrogens is 4. The predicted molar refractivity (Wildman–Crippen MR) is 127 cm³/mol. The lowest BCUT2D eigenvalue weighted by Gasteiger charge is -2.12. The minimum atomic E-state index is -0.924. The van der Waals surface area contributed by atoms with E-state index in [1.165, 1.54) is 13.2 Å². The average molecular weight is 481 g/mol. The van der Waals surface area contributed by atoms with Crippen LogP contribution in [0.3, 0.4) is 0 Å². The summed E-state index contributed by atoms with van der Waals surface area (Å²) in [5.74, 6) is -1.00. The summed E-state index contributed by atoms with van der Waals surface area (Å²) in [5, 5.41) is 12.8. The number of methoxy groups -OCH3 is 1. The second kappa shape index (κ2) is 7.87. The average Bonchev–Trinajstić information content (AvgIpc) is 3.49. The minimum absolute atomic E-state index is 0.0156. The first-order valence-electron chi connectivity index (χ1n) is 10.7. The van der Waals surface area contributed by atoms with Crippen molar-refractivity contribution in [1.82, 2.24) is 20.0 Å². The van der Waals surface area contributed by atoms with Crippen LogP contribution in [-0.4, -0.2) is 39.0 Å². The summed E-state index contributed by atoms with van der Waals surface area (Å²) >= 11 is 0. The summed E-state index contributed by atoms with van der Waals surface area (Å²) in [4.78, 5) is 38.2. The SMILES string of the molecule is COc1ccc(-n2nc(-c3nnc(-c4ccccc4)o3)c3cc4c(c(N)c3c2=O)C(=O)OC4=O)cc1. The number of rotatable bonds is 4. The van der Waals surface area contributed by atoms with Crippen molar-refractivity contribution in [3.05, 3.63) is 82.1 Å². The van der Waals surface area contributed by atoms with Gasteiger partial charge in [0.15, 0.2) is 5.69 Å². The number of ether oxygens (including phenoxy) is 2. The number of hydrogen-bond donors (Lipinski definition) is 1. The fourth-order valence-electron chi connectivity index (χ4n) is 4.07. The van der Waals surface area contributed by atoms with Gasteiger partial charge < -0.3 is 19.6 Å². The Morgan fingerprint density at radius 1 is 0.917 bits per heavy atom. The largest absolute Gasteiger partial charge is 0.497 e. The topological polar surface area (TPSA) is 152 Å². The summed E-state index contributed by atoms with van der Waals surface area (Å²) in [6.07, 6.45) is 0. The van der Waals surface area contributed by atoms with Gasteiger partial charge in [0.1, 0.15) is 5.75 Å². The maximum Gasteiger partial charge on any atom is 0.349 e. The zero-order valence-electron chi connectivity index (χ0n) is 18.6. The number of carbonyl (C=O) groups is 2. The van der Waals surface area contributed by atoms with Crippen molar-refractivity contribution >= 4 is 28.4 Å². The van der Waals surface area contributed by atoms with Gasteiger partial charge in [0, 0.05) is 10.9 Å². The Kier molecular flexibility index (Phi) is 4.64. The zero-order valence-corrected chi connectivity index (χ0v) is 18.6. The van der Waals surface area contributed by atoms with Crippen LogP contribution in [0.2, 0.25) is 0 Å². The van der Waals surface area contributed by atoms with Crippen LogP contribution in [0.1, 0.15) is 20.7 Å². The molecule has 176 valence electrons. The van der Waals surface area contributed by atoms with Crippen molar-refractivity contribution in [2.75, 3.05) is 12.8 Å². The van der Waals surface area contributed by atoms with Crippen molar-refractivity contribution in [1.29, 1.82) is 0 Å². The van der Waals surface area contributed by atoms with E-state index in [2.05, 4.69) is 15.3 Å². The van der Waals surface area contributed by atoms with E-state index in [9.17, 15) is 14.4 Å². The van der Waals surface area contributed by atoms with E-state index < -0.39 is 17.5 Å². The number of nitrogens with zero attached hydrogens (tertiary/aromatic N) is 4. The number of benzene rings is 3. The molecule has 11 heteroatoms. The van der Waals surface area contributed by atoms with E-state index in [4.69, 9.17) is 19.6 Å². The van der Waals surface area contributed by atoms with Gasteiger partial charge in [-0.15, -0.1) is 10.2 Å². The van der Waals surface area contributed by atoms with Gasteiger partial charge in [-0.05, 0) is 42.5 Å². The van der Waals surface area contributed by atoms with E-state index in [0.29, 0.717) is 17.0 Å². The molecule has 5 aromatic rings. The highest BCUT2D eigenvalue weighted by Crippen LogP contribution is 2.36. The van der Waals surface area contributed by atoms with Gasteiger partial charge in [0.05, 0.1) is 35.0 Å². The summed E-state index contributed by atoms with van der Waals surface area (Å²) in [6, 6.07) is 17.0. The Morgan fingerprint density at radius 3 is 2.36 bits per heavy atom. The number of hydrogen-bond acceptors (Lipinski definition) is 10. The lowest BCUT2D eigenvalue weighted by molar-refractivity contribution is 0.0444. The predicted octanol–water partition coefficient (Wildman–Crippen LogP) is 3.00. The molecule has 0 amide bonds. The number of anilines is 1. The van der Waals surface area contributed by atoms with Crippen molar-refractivity contribution < 1.29 is 23.5 Å². The van der Waals surface area contributed by atoms with Crippen molar-refractivity contribution in [2.45, 2.75) is 0 Å². The molecule has 0 bridgehead atoms. The Labute approximate surface area is 201 Å². The van der Waals surface area contributed by atoms with Crippen LogP contribution in [0.25, 0.3) is 39.5 Å². The number of esters is 2. The van der Waals surface area contributed by atoms with Crippen LogP contribution in [-0.2, 0) is 4.74 Å². The molecule has 0 saturated carbocycles. The van der Waals surface area contributed by atoms with Crippen LogP contribution in [0.15, 0.2) is 69.9 Å². The number of nitrogen functional groups attached to an aromatic ring is 1. The first-order chi connectivity index (χ1) is 17.5. The van der Waals surface area contributed by atoms with Crippen LogP contribution in [0.5, 0.6) is 5.75 Å². The van der Waals surface area contributed by atoms with E-state index in [1.54, 1.807) is 36.4 Å². The third kappa shape index (κ3) is 3.14. The number of cyclic esters (lactones) is 2. The molecule has 2 aromatic heterocycles. The molecule has 1 aliphatic rings. The molecule has 0 unspecified atom stereocenters. The van der Waals surface area contributed by atoms with Gasteiger partial charge >= 0.3 is 11.9 Å². The molecular formula is C25H15N5O6. The van der Waals surface area contributed by atoms with Crippen molar-refractivity contribution in [2.24, 2.45) is 0 Å². The first kappa shape index (κ1) is 21.2. The highest BCUT2D eigenvalue weighted by molar-refractivity contribution is 6.22. The molecule has 6 rings (SSSR count). The normalized spacial score (nSPS) is 12.6. The standard InChI is InChI=1S/C25H15N5O6/c1-34-14-9-7-13(8-10-14)30-23(31)17-15(11-16-18(19(17)26)25(33)36-24(16)32)20(29-30)22-28-27-21(35-22)12-5-3-2-4-6-12/h2-11H,26H2,1H3. The Morgan fingerprint density at radius 2 is 1.64 bits per heavy atom. The van der Waals surface area contributed by atoms with Crippen LogP contribution < -0.4 is 16.0 Å². The molecule has 0 aliphatic carbocycles. The second-order valence-corrected chi connectivity index (χ2v) is 7.85.